The largest absolute Gasteiger partial charge is 0.508 e. The van der Waals surface area contributed by atoms with Gasteiger partial charge in [-0.25, -0.2) is 0 Å². The minimum Gasteiger partial charge on any atom is -0.508 e. The first-order chi connectivity index (χ1) is 18.0. The van der Waals surface area contributed by atoms with Gasteiger partial charge in [0.1, 0.15) is 29.8 Å². The van der Waals surface area contributed by atoms with Crippen molar-refractivity contribution in [3.8, 4) is 11.5 Å². The molecule has 2 rings (SSSR count). The summed E-state index contributed by atoms with van der Waals surface area (Å²) < 4.78 is 11.2. The SMILES string of the molecule is CC(C)=CCC/C(C)=C/CC/C(C)=C/CC/C(C)=C/Cc1cc(O[C@@H]2OC[C@@H](O)[C@@H](O)[C@@H]2O)c(C)cc1O. The molecular formula is C32H48O6. The van der Waals surface area contributed by atoms with Gasteiger partial charge in [0.05, 0.1) is 6.61 Å². The molecule has 1 aromatic carbocycles. The molecule has 0 aliphatic carbocycles. The molecule has 0 saturated carbocycles. The Morgan fingerprint density at radius 2 is 1.39 bits per heavy atom. The summed E-state index contributed by atoms with van der Waals surface area (Å²) >= 11 is 0. The summed E-state index contributed by atoms with van der Waals surface area (Å²) in [6.07, 6.45) is 11.0. The van der Waals surface area contributed by atoms with Crippen molar-refractivity contribution in [3.63, 3.8) is 0 Å². The average molecular weight is 529 g/mol. The van der Waals surface area contributed by atoms with E-state index in [0.29, 0.717) is 23.3 Å². The molecule has 1 heterocycles. The fourth-order valence-electron chi connectivity index (χ4n) is 4.28. The van der Waals surface area contributed by atoms with Crippen LogP contribution in [-0.4, -0.2) is 51.6 Å². The highest BCUT2D eigenvalue weighted by atomic mass is 16.7. The van der Waals surface area contributed by atoms with Crippen LogP contribution in [0.2, 0.25) is 0 Å². The van der Waals surface area contributed by atoms with Crippen LogP contribution in [0.4, 0.5) is 0 Å². The van der Waals surface area contributed by atoms with Crippen LogP contribution in [0.15, 0.2) is 58.7 Å². The van der Waals surface area contributed by atoms with Crippen LogP contribution in [0.3, 0.4) is 0 Å². The molecule has 0 bridgehead atoms. The van der Waals surface area contributed by atoms with E-state index in [1.165, 1.54) is 22.3 Å². The molecule has 0 amide bonds. The van der Waals surface area contributed by atoms with E-state index in [4.69, 9.17) is 9.47 Å². The third kappa shape index (κ3) is 10.8. The van der Waals surface area contributed by atoms with Crippen LogP contribution in [0.5, 0.6) is 11.5 Å². The minimum atomic E-state index is -1.37. The van der Waals surface area contributed by atoms with Crippen molar-refractivity contribution in [3.05, 3.63) is 69.9 Å². The van der Waals surface area contributed by atoms with Gasteiger partial charge < -0.3 is 29.9 Å². The van der Waals surface area contributed by atoms with Crippen LogP contribution in [0.25, 0.3) is 0 Å². The molecule has 6 heteroatoms. The van der Waals surface area contributed by atoms with Crippen molar-refractivity contribution < 1.29 is 29.9 Å². The molecule has 1 aliphatic heterocycles. The smallest absolute Gasteiger partial charge is 0.228 e. The van der Waals surface area contributed by atoms with E-state index in [0.717, 1.165) is 38.5 Å². The van der Waals surface area contributed by atoms with Gasteiger partial charge >= 0.3 is 0 Å². The molecule has 1 aliphatic rings. The molecule has 4 N–H and O–H groups in total. The molecule has 1 saturated heterocycles. The molecular weight excluding hydrogens is 480 g/mol. The maximum atomic E-state index is 10.5. The van der Waals surface area contributed by atoms with Gasteiger partial charge in [0.25, 0.3) is 0 Å². The van der Waals surface area contributed by atoms with Crippen molar-refractivity contribution in [2.75, 3.05) is 6.61 Å². The standard InChI is InChI=1S/C32H48O6/c1-21(2)10-7-11-22(3)12-8-13-23(4)14-9-15-24(5)16-17-26-19-29(25(6)18-27(26)33)38-32-31(36)30(35)28(34)20-37-32/h10,12,14,16,18-19,28,30-36H,7-9,11,13,15,17,20H2,1-6H3/b22-12+,23-14+,24-16+/t28-,30-,31+,32+/m1/s1. The Kier molecular flexibility index (Phi) is 13.3. The maximum Gasteiger partial charge on any atom is 0.228 e. The van der Waals surface area contributed by atoms with E-state index in [9.17, 15) is 20.4 Å². The van der Waals surface area contributed by atoms with Gasteiger partial charge in [0.15, 0.2) is 0 Å². The molecule has 0 radical (unpaired) electrons. The highest BCUT2D eigenvalue weighted by Crippen LogP contribution is 2.31. The summed E-state index contributed by atoms with van der Waals surface area (Å²) in [7, 11) is 0. The van der Waals surface area contributed by atoms with Crippen LogP contribution >= 0.6 is 0 Å². The monoisotopic (exact) mass is 528 g/mol. The normalized spacial score (nSPS) is 22.9. The number of hydrogen-bond donors (Lipinski definition) is 4. The topological polar surface area (TPSA) is 99.4 Å². The van der Waals surface area contributed by atoms with Gasteiger partial charge in [-0.3, -0.25) is 0 Å². The molecule has 0 unspecified atom stereocenters. The first-order valence-corrected chi connectivity index (χ1v) is 13.7. The van der Waals surface area contributed by atoms with E-state index in [1.807, 2.05) is 0 Å². The number of aromatic hydroxyl groups is 1. The first-order valence-electron chi connectivity index (χ1n) is 13.7. The van der Waals surface area contributed by atoms with E-state index in [1.54, 1.807) is 19.1 Å². The van der Waals surface area contributed by atoms with Crippen LogP contribution in [-0.2, 0) is 11.2 Å². The maximum absolute atomic E-state index is 10.5. The quantitative estimate of drug-likeness (QED) is 0.227. The van der Waals surface area contributed by atoms with Gasteiger partial charge in [-0.15, -0.1) is 0 Å². The summed E-state index contributed by atoms with van der Waals surface area (Å²) in [5.41, 5.74) is 6.88. The number of hydrogen-bond acceptors (Lipinski definition) is 6. The van der Waals surface area contributed by atoms with Gasteiger partial charge in [-0.05, 0) is 104 Å². The summed E-state index contributed by atoms with van der Waals surface area (Å²) in [5.74, 6) is 0.635. The lowest BCUT2D eigenvalue weighted by Gasteiger charge is -2.35. The Morgan fingerprint density at radius 1 is 0.842 bits per heavy atom. The number of allylic oxidation sites excluding steroid dienone is 8. The first kappa shape index (κ1) is 31.8. The van der Waals surface area contributed by atoms with E-state index in [-0.39, 0.29) is 12.4 Å². The zero-order valence-electron chi connectivity index (χ0n) is 24.0. The molecule has 38 heavy (non-hydrogen) atoms. The highest BCUT2D eigenvalue weighted by Gasteiger charge is 2.39. The number of rotatable bonds is 13. The van der Waals surface area contributed by atoms with Crippen LogP contribution in [0, 0.1) is 6.92 Å². The summed E-state index contributed by atoms with van der Waals surface area (Å²) in [6.45, 7) is 12.5. The number of benzene rings is 1. The molecule has 4 atom stereocenters. The Morgan fingerprint density at radius 3 is 1.97 bits per heavy atom. The van der Waals surface area contributed by atoms with Crippen LogP contribution < -0.4 is 4.74 Å². The van der Waals surface area contributed by atoms with Gasteiger partial charge in [-0.2, -0.15) is 0 Å². The molecule has 6 nitrogen and oxygen atoms in total. The van der Waals surface area contributed by atoms with Gasteiger partial charge in [-0.1, -0.05) is 46.6 Å². The summed E-state index contributed by atoms with van der Waals surface area (Å²) in [4.78, 5) is 0. The average Bonchev–Trinajstić information content (AvgIpc) is 2.84. The van der Waals surface area contributed by atoms with Gasteiger partial charge in [0, 0.05) is 5.56 Å². The van der Waals surface area contributed by atoms with E-state index in [2.05, 4.69) is 58.9 Å². The second-order valence-corrected chi connectivity index (χ2v) is 10.9. The number of aliphatic hydroxyl groups excluding tert-OH is 3. The van der Waals surface area contributed by atoms with Crippen molar-refractivity contribution in [1.82, 2.24) is 0 Å². The number of aliphatic hydroxyl groups is 3. The lowest BCUT2D eigenvalue weighted by Crippen LogP contribution is -2.54. The number of ether oxygens (including phenoxy) is 2. The van der Waals surface area contributed by atoms with E-state index < -0.39 is 24.6 Å². The van der Waals surface area contributed by atoms with Crippen LogP contribution in [0.1, 0.15) is 84.3 Å². The fourth-order valence-corrected chi connectivity index (χ4v) is 4.28. The summed E-state index contributed by atoms with van der Waals surface area (Å²) in [6, 6.07) is 3.36. The minimum absolute atomic E-state index is 0.129. The second-order valence-electron chi connectivity index (χ2n) is 10.9. The molecule has 1 fully saturated rings. The molecule has 212 valence electrons. The second kappa shape index (κ2) is 15.9. The zero-order chi connectivity index (χ0) is 28.2. The lowest BCUT2D eigenvalue weighted by atomic mass is 10.0. The number of phenols is 1. The fraction of sp³-hybridized carbons (Fsp3) is 0.562. The van der Waals surface area contributed by atoms with Crippen molar-refractivity contribution >= 4 is 0 Å². The zero-order valence-corrected chi connectivity index (χ0v) is 24.0. The third-order valence-corrected chi connectivity index (χ3v) is 6.90. The predicted molar refractivity (Wildman–Crippen MR) is 153 cm³/mol. The highest BCUT2D eigenvalue weighted by molar-refractivity contribution is 5.46. The Hall–Kier alpha value is -2.38. The number of aryl methyl sites for hydroxylation is 1. The third-order valence-electron chi connectivity index (χ3n) is 6.90. The Bertz CT molecular complexity index is 1020. The molecule has 0 spiro atoms. The Balaban J connectivity index is 1.86. The Labute approximate surface area is 229 Å². The van der Waals surface area contributed by atoms with E-state index >= 15 is 0 Å². The van der Waals surface area contributed by atoms with Crippen molar-refractivity contribution in [1.29, 1.82) is 0 Å². The number of phenolic OH excluding ortho intramolecular Hbond substituents is 1. The summed E-state index contributed by atoms with van der Waals surface area (Å²) in [5, 5.41) is 40.2. The van der Waals surface area contributed by atoms with Crippen molar-refractivity contribution in [2.45, 2.75) is 111 Å². The molecule has 1 aromatic rings. The predicted octanol–water partition coefficient (Wildman–Crippen LogP) is 6.21. The van der Waals surface area contributed by atoms with Gasteiger partial charge in [0.2, 0.25) is 6.29 Å². The van der Waals surface area contributed by atoms with Crippen molar-refractivity contribution in [2.24, 2.45) is 0 Å². The lowest BCUT2D eigenvalue weighted by molar-refractivity contribution is -0.242. The molecule has 0 aromatic heterocycles.